The minimum absolute atomic E-state index is 0. The van der Waals surface area contributed by atoms with E-state index in [0.717, 1.165) is 25.7 Å². The van der Waals surface area contributed by atoms with Crippen molar-refractivity contribution >= 4 is 34.7 Å². The minimum Gasteiger partial charge on any atom is -0.379 e. The van der Waals surface area contributed by atoms with Gasteiger partial charge in [0.1, 0.15) is 17.0 Å². The van der Waals surface area contributed by atoms with E-state index in [1.54, 1.807) is 10.8 Å². The molecule has 0 spiro atoms. The molecule has 1 unspecified atom stereocenters. The summed E-state index contributed by atoms with van der Waals surface area (Å²) in [5.74, 6) is -2.32. The van der Waals surface area contributed by atoms with Crippen molar-refractivity contribution in [3.05, 3.63) is 35.8 Å². The van der Waals surface area contributed by atoms with E-state index < -0.39 is 23.1 Å². The Hall–Kier alpha value is -3.45. The molecule has 40 heavy (non-hydrogen) atoms. The van der Waals surface area contributed by atoms with Gasteiger partial charge >= 0.3 is 0 Å². The van der Waals surface area contributed by atoms with Crippen molar-refractivity contribution < 1.29 is 27.4 Å². The predicted octanol–water partition coefficient (Wildman–Crippen LogP) is 4.41. The lowest BCUT2D eigenvalue weighted by molar-refractivity contribution is -0.140. The molecular weight excluding hydrogens is 527 g/mol. The van der Waals surface area contributed by atoms with Crippen molar-refractivity contribution in [1.82, 2.24) is 24.4 Å². The third kappa shape index (κ3) is 5.71. The van der Waals surface area contributed by atoms with Crippen molar-refractivity contribution in [2.45, 2.75) is 51.6 Å². The van der Waals surface area contributed by atoms with Crippen LogP contribution >= 0.6 is 0 Å². The zero-order valence-corrected chi connectivity index (χ0v) is 21.3. The molecule has 2 aromatic heterocycles. The van der Waals surface area contributed by atoms with Gasteiger partial charge in [-0.1, -0.05) is 7.43 Å². The zero-order chi connectivity index (χ0) is 26.9. The van der Waals surface area contributed by atoms with Gasteiger partial charge in [0.15, 0.2) is 17.3 Å². The first-order valence-electron chi connectivity index (χ1n) is 13.3. The maximum atomic E-state index is 14.4. The summed E-state index contributed by atoms with van der Waals surface area (Å²) in [6, 6.07) is 1.18. The monoisotopic (exact) mass is 561 g/mol. The molecule has 10 nitrogen and oxygen atoms in total. The molecule has 1 amide bonds. The number of imidazole rings is 1. The molecule has 4 heterocycles. The molecule has 3 aliphatic rings. The van der Waals surface area contributed by atoms with Crippen molar-refractivity contribution in [2.75, 3.05) is 50.2 Å². The molecule has 216 valence electrons. The number of hydrogen-bond donors (Lipinski definition) is 2. The lowest BCUT2D eigenvalue weighted by atomic mass is 9.85. The molecule has 0 bridgehead atoms. The Kier molecular flexibility index (Phi) is 8.40. The average Bonchev–Trinajstić information content (AvgIpc) is 3.58. The number of halogens is 3. The number of hydrogen-bond acceptors (Lipinski definition) is 8. The summed E-state index contributed by atoms with van der Waals surface area (Å²) in [7, 11) is 0. The Labute approximate surface area is 230 Å². The van der Waals surface area contributed by atoms with E-state index in [9.17, 15) is 18.0 Å². The van der Waals surface area contributed by atoms with Crippen molar-refractivity contribution in [3.8, 4) is 0 Å². The smallest absolute Gasteiger partial charge is 0.225 e. The molecule has 1 saturated carbocycles. The second kappa shape index (κ2) is 12.0. The van der Waals surface area contributed by atoms with Crippen LogP contribution in [0.5, 0.6) is 0 Å². The van der Waals surface area contributed by atoms with E-state index >= 15 is 0 Å². The molecule has 1 aromatic carbocycles. The highest BCUT2D eigenvalue weighted by Crippen LogP contribution is 2.33. The van der Waals surface area contributed by atoms with Crippen LogP contribution in [0.4, 0.5) is 30.8 Å². The number of rotatable bonds is 6. The summed E-state index contributed by atoms with van der Waals surface area (Å²) >= 11 is 0. The molecule has 3 fully saturated rings. The normalized spacial score (nSPS) is 23.2. The van der Waals surface area contributed by atoms with Gasteiger partial charge in [-0.05, 0) is 32.1 Å². The van der Waals surface area contributed by atoms with Gasteiger partial charge in [0.2, 0.25) is 17.8 Å². The maximum Gasteiger partial charge on any atom is 0.225 e. The summed E-state index contributed by atoms with van der Waals surface area (Å²) in [4.78, 5) is 28.4. The number of fused-ring (bicyclic) bond motifs is 1. The molecule has 1 aliphatic carbocycles. The summed E-state index contributed by atoms with van der Waals surface area (Å²) in [5, 5.41) is 6.09. The molecule has 3 aromatic rings. The average molecular weight is 562 g/mol. The minimum atomic E-state index is -1.06. The lowest BCUT2D eigenvalue weighted by Crippen LogP contribution is -2.45. The Balaban J connectivity index is 0.00000323. The molecule has 2 aliphatic heterocycles. The van der Waals surface area contributed by atoms with Gasteiger partial charge < -0.3 is 25.0 Å². The predicted molar refractivity (Wildman–Crippen MR) is 143 cm³/mol. The van der Waals surface area contributed by atoms with Gasteiger partial charge in [-0.3, -0.25) is 9.36 Å². The Morgan fingerprint density at radius 1 is 0.950 bits per heavy atom. The number of benzene rings is 1. The molecule has 13 heteroatoms. The lowest BCUT2D eigenvalue weighted by Gasteiger charge is -2.34. The van der Waals surface area contributed by atoms with Gasteiger partial charge in [-0.15, -0.1) is 0 Å². The maximum absolute atomic E-state index is 14.4. The van der Waals surface area contributed by atoms with E-state index in [1.807, 2.05) is 4.90 Å². The quantitative estimate of drug-likeness (QED) is 0.456. The van der Waals surface area contributed by atoms with Gasteiger partial charge in [0, 0.05) is 43.8 Å². The van der Waals surface area contributed by atoms with Crippen LogP contribution in [0.2, 0.25) is 0 Å². The largest absolute Gasteiger partial charge is 0.379 e. The summed E-state index contributed by atoms with van der Waals surface area (Å²) in [6.45, 7) is 3.42. The van der Waals surface area contributed by atoms with E-state index in [-0.39, 0.29) is 37.3 Å². The zero-order valence-electron chi connectivity index (χ0n) is 21.3. The van der Waals surface area contributed by atoms with Crippen LogP contribution in [0.1, 0.15) is 45.6 Å². The molecule has 0 radical (unpaired) electrons. The van der Waals surface area contributed by atoms with Crippen LogP contribution in [0.3, 0.4) is 0 Å². The number of aromatic nitrogens is 4. The standard InChI is InChI=1S/C26H30F3N7O3.CH4/c27-16-11-19(28)22(20(29)12-16)33-26-32-21-13-30-25(34-23(21)36(26)18-5-8-39-14-18)31-17-3-1-15(2-4-17)24(37)35-6-9-38-10-7-35;/h11-13,15,17-18H,1-10,14H2,(H,32,33)(H,30,31,34);1H4. The number of carbonyl (C=O) groups is 1. The SMILES string of the molecule is C.O=C(C1CCC(Nc2ncc3nc(Nc4c(F)cc(F)cc4F)n(C4CCOC4)c3n2)CC1)N1CCOCC1. The number of amides is 1. The van der Waals surface area contributed by atoms with Gasteiger partial charge in [0.05, 0.1) is 32.1 Å². The van der Waals surface area contributed by atoms with Gasteiger partial charge in [0.25, 0.3) is 0 Å². The number of morpholine rings is 1. The Morgan fingerprint density at radius 2 is 1.68 bits per heavy atom. The number of ether oxygens (including phenoxy) is 2. The first-order chi connectivity index (χ1) is 19.0. The summed E-state index contributed by atoms with van der Waals surface area (Å²) in [5.41, 5.74) is 0.434. The third-order valence-electron chi connectivity index (χ3n) is 7.68. The van der Waals surface area contributed by atoms with E-state index in [4.69, 9.17) is 14.5 Å². The van der Waals surface area contributed by atoms with E-state index in [1.165, 1.54) is 0 Å². The summed E-state index contributed by atoms with van der Waals surface area (Å²) in [6.07, 6.45) is 5.43. The second-order valence-corrected chi connectivity index (χ2v) is 10.2. The Morgan fingerprint density at radius 3 is 2.35 bits per heavy atom. The van der Waals surface area contributed by atoms with Crippen LogP contribution in [-0.2, 0) is 14.3 Å². The molecule has 2 N–H and O–H groups in total. The van der Waals surface area contributed by atoms with Crippen molar-refractivity contribution in [2.24, 2.45) is 5.92 Å². The number of nitrogens with zero attached hydrogens (tertiary/aromatic N) is 5. The van der Waals surface area contributed by atoms with Crippen molar-refractivity contribution in [1.29, 1.82) is 0 Å². The highest BCUT2D eigenvalue weighted by atomic mass is 19.1. The van der Waals surface area contributed by atoms with E-state index in [0.29, 0.717) is 75.2 Å². The first-order valence-corrected chi connectivity index (χ1v) is 13.3. The van der Waals surface area contributed by atoms with Crippen LogP contribution < -0.4 is 10.6 Å². The number of nitrogens with one attached hydrogen (secondary N) is 2. The Bertz CT molecular complexity index is 1330. The molecular formula is C27H34F3N7O3. The second-order valence-electron chi connectivity index (χ2n) is 10.2. The highest BCUT2D eigenvalue weighted by molar-refractivity contribution is 5.79. The molecule has 6 rings (SSSR count). The van der Waals surface area contributed by atoms with Crippen LogP contribution in [-0.4, -0.2) is 75.9 Å². The summed E-state index contributed by atoms with van der Waals surface area (Å²) < 4.78 is 54.9. The fraction of sp³-hybridized carbons (Fsp3) is 0.556. The molecule has 2 saturated heterocycles. The fourth-order valence-corrected chi connectivity index (χ4v) is 5.60. The van der Waals surface area contributed by atoms with Crippen LogP contribution in [0, 0.1) is 23.4 Å². The highest BCUT2D eigenvalue weighted by Gasteiger charge is 2.31. The fourth-order valence-electron chi connectivity index (χ4n) is 5.60. The van der Waals surface area contributed by atoms with Crippen LogP contribution in [0.25, 0.3) is 11.2 Å². The van der Waals surface area contributed by atoms with Crippen LogP contribution in [0.15, 0.2) is 18.3 Å². The number of anilines is 3. The topological polar surface area (TPSA) is 106 Å². The first kappa shape index (κ1) is 28.1. The molecule has 1 atom stereocenters. The number of carbonyl (C=O) groups excluding carboxylic acids is 1. The van der Waals surface area contributed by atoms with E-state index in [2.05, 4.69) is 20.6 Å². The van der Waals surface area contributed by atoms with Crippen molar-refractivity contribution in [3.63, 3.8) is 0 Å². The van der Waals surface area contributed by atoms with Gasteiger partial charge in [-0.2, -0.15) is 4.98 Å². The third-order valence-corrected chi connectivity index (χ3v) is 7.68. The van der Waals surface area contributed by atoms with Gasteiger partial charge in [-0.25, -0.2) is 23.1 Å².